The van der Waals surface area contributed by atoms with Crippen molar-refractivity contribution >= 4 is 18.3 Å². The molecule has 0 radical (unpaired) electrons. The van der Waals surface area contributed by atoms with Gasteiger partial charge in [-0.3, -0.25) is 9.69 Å². The maximum atomic E-state index is 13.7. The van der Waals surface area contributed by atoms with Crippen LogP contribution in [0, 0.1) is 11.6 Å². The molecule has 3 nitrogen and oxygen atoms in total. The summed E-state index contributed by atoms with van der Waals surface area (Å²) in [5.41, 5.74) is 0.761. The molecule has 0 aliphatic carbocycles. The number of piperazine rings is 1. The molecular weight excluding hydrogens is 334 g/mol. The van der Waals surface area contributed by atoms with E-state index < -0.39 is 23.1 Å². The van der Waals surface area contributed by atoms with E-state index in [4.69, 9.17) is 0 Å². The molecule has 0 atom stereocenters. The molecule has 0 N–H and O–H groups in total. The van der Waals surface area contributed by atoms with E-state index in [1.807, 2.05) is 18.2 Å². The van der Waals surface area contributed by atoms with Crippen molar-refractivity contribution in [1.82, 2.24) is 9.80 Å². The second-order valence-corrected chi connectivity index (χ2v) is 5.65. The first-order chi connectivity index (χ1) is 11.1. The van der Waals surface area contributed by atoms with Crippen LogP contribution in [-0.2, 0) is 6.54 Å². The largest absolute Gasteiger partial charge is 0.336 e. The number of carbonyl (C=O) groups excluding carboxylic acids is 1. The highest BCUT2D eigenvalue weighted by atomic mass is 35.5. The van der Waals surface area contributed by atoms with Crippen LogP contribution >= 0.6 is 12.4 Å². The summed E-state index contributed by atoms with van der Waals surface area (Å²) in [7, 11) is 0. The number of halogens is 3. The van der Waals surface area contributed by atoms with E-state index >= 15 is 0 Å². The highest BCUT2D eigenvalue weighted by molar-refractivity contribution is 5.94. The molecule has 2 aromatic carbocycles. The van der Waals surface area contributed by atoms with Gasteiger partial charge in [0.15, 0.2) is 0 Å². The van der Waals surface area contributed by atoms with Crippen molar-refractivity contribution in [2.75, 3.05) is 26.2 Å². The van der Waals surface area contributed by atoms with E-state index in [1.165, 1.54) is 16.5 Å². The van der Waals surface area contributed by atoms with Gasteiger partial charge in [0.1, 0.15) is 17.2 Å². The molecule has 6 heteroatoms. The number of amides is 1. The van der Waals surface area contributed by atoms with Crippen LogP contribution in [0.3, 0.4) is 0 Å². The summed E-state index contributed by atoms with van der Waals surface area (Å²) in [5, 5.41) is 0. The minimum atomic E-state index is -0.804. The van der Waals surface area contributed by atoms with E-state index in [2.05, 4.69) is 17.0 Å². The fourth-order valence-corrected chi connectivity index (χ4v) is 2.81. The van der Waals surface area contributed by atoms with Crippen molar-refractivity contribution in [3.8, 4) is 0 Å². The van der Waals surface area contributed by atoms with Crippen LogP contribution in [0.4, 0.5) is 8.78 Å². The maximum Gasteiger partial charge on any atom is 0.259 e. The van der Waals surface area contributed by atoms with Crippen molar-refractivity contribution in [2.24, 2.45) is 0 Å². The van der Waals surface area contributed by atoms with Gasteiger partial charge in [-0.25, -0.2) is 8.78 Å². The third-order valence-electron chi connectivity index (χ3n) is 4.09. The van der Waals surface area contributed by atoms with Crippen molar-refractivity contribution in [3.63, 3.8) is 0 Å². The Morgan fingerprint density at radius 3 is 2.04 bits per heavy atom. The summed E-state index contributed by atoms with van der Waals surface area (Å²) < 4.78 is 27.4. The maximum absolute atomic E-state index is 13.7. The van der Waals surface area contributed by atoms with Gasteiger partial charge in [-0.05, 0) is 17.7 Å². The van der Waals surface area contributed by atoms with E-state index in [-0.39, 0.29) is 12.4 Å². The quantitative estimate of drug-likeness (QED) is 0.845. The first-order valence-corrected chi connectivity index (χ1v) is 7.65. The molecule has 1 heterocycles. The monoisotopic (exact) mass is 352 g/mol. The van der Waals surface area contributed by atoms with E-state index in [1.54, 1.807) is 0 Å². The second kappa shape index (κ2) is 8.22. The van der Waals surface area contributed by atoms with Gasteiger partial charge in [-0.2, -0.15) is 0 Å². The summed E-state index contributed by atoms with van der Waals surface area (Å²) in [6, 6.07) is 13.6. The molecular formula is C18H19ClF2N2O. The average Bonchev–Trinajstić information content (AvgIpc) is 2.56. The Bertz CT molecular complexity index is 668. The molecule has 1 aliphatic rings. The number of hydrogen-bond donors (Lipinski definition) is 0. The van der Waals surface area contributed by atoms with Crippen LogP contribution in [-0.4, -0.2) is 41.9 Å². The summed E-state index contributed by atoms with van der Waals surface area (Å²) in [6.45, 7) is 3.14. The lowest BCUT2D eigenvalue weighted by Crippen LogP contribution is -2.48. The van der Waals surface area contributed by atoms with Crippen molar-refractivity contribution in [1.29, 1.82) is 0 Å². The van der Waals surface area contributed by atoms with Gasteiger partial charge >= 0.3 is 0 Å². The van der Waals surface area contributed by atoms with E-state index in [0.29, 0.717) is 26.2 Å². The highest BCUT2D eigenvalue weighted by Gasteiger charge is 2.26. The lowest BCUT2D eigenvalue weighted by Gasteiger charge is -2.34. The summed E-state index contributed by atoms with van der Waals surface area (Å²) >= 11 is 0. The van der Waals surface area contributed by atoms with Crippen LogP contribution in [0.2, 0.25) is 0 Å². The van der Waals surface area contributed by atoms with Crippen molar-refractivity contribution < 1.29 is 13.6 Å². The summed E-state index contributed by atoms with van der Waals surface area (Å²) in [6.07, 6.45) is 0. The first-order valence-electron chi connectivity index (χ1n) is 7.65. The number of rotatable bonds is 3. The van der Waals surface area contributed by atoms with Crippen LogP contribution in [0.25, 0.3) is 0 Å². The predicted octanol–water partition coefficient (Wildman–Crippen LogP) is 3.34. The van der Waals surface area contributed by atoms with Crippen molar-refractivity contribution in [2.45, 2.75) is 6.54 Å². The molecule has 1 fully saturated rings. The minimum Gasteiger partial charge on any atom is -0.336 e. The molecule has 128 valence electrons. The molecule has 0 unspecified atom stereocenters. The van der Waals surface area contributed by atoms with Gasteiger partial charge in [-0.1, -0.05) is 36.4 Å². The van der Waals surface area contributed by atoms with Gasteiger partial charge in [-0.15, -0.1) is 12.4 Å². The molecule has 0 spiro atoms. The third kappa shape index (κ3) is 4.10. The van der Waals surface area contributed by atoms with Crippen LogP contribution in [0.5, 0.6) is 0 Å². The molecule has 24 heavy (non-hydrogen) atoms. The normalized spacial score (nSPS) is 15.0. The molecule has 2 aromatic rings. The zero-order chi connectivity index (χ0) is 16.2. The van der Waals surface area contributed by atoms with Crippen LogP contribution < -0.4 is 0 Å². The lowest BCUT2D eigenvalue weighted by molar-refractivity contribution is 0.0619. The Morgan fingerprint density at radius 1 is 0.875 bits per heavy atom. The van der Waals surface area contributed by atoms with E-state index in [0.717, 1.165) is 18.7 Å². The zero-order valence-corrected chi connectivity index (χ0v) is 13.9. The Hall–Kier alpha value is -1.98. The van der Waals surface area contributed by atoms with Crippen LogP contribution in [0.1, 0.15) is 15.9 Å². The molecule has 3 rings (SSSR count). The number of benzene rings is 2. The van der Waals surface area contributed by atoms with Crippen molar-refractivity contribution in [3.05, 3.63) is 71.3 Å². The van der Waals surface area contributed by atoms with E-state index in [9.17, 15) is 13.6 Å². The average molecular weight is 353 g/mol. The SMILES string of the molecule is Cl.O=C(c1c(F)cccc1F)N1CCN(Cc2ccccc2)CC1. The van der Waals surface area contributed by atoms with Gasteiger partial charge in [0.2, 0.25) is 0 Å². The molecule has 1 saturated heterocycles. The van der Waals surface area contributed by atoms with Crippen LogP contribution in [0.15, 0.2) is 48.5 Å². The van der Waals surface area contributed by atoms with Gasteiger partial charge in [0.05, 0.1) is 0 Å². The number of carbonyl (C=O) groups is 1. The fourth-order valence-electron chi connectivity index (χ4n) is 2.81. The predicted molar refractivity (Wildman–Crippen MR) is 91.2 cm³/mol. The fraction of sp³-hybridized carbons (Fsp3) is 0.278. The highest BCUT2D eigenvalue weighted by Crippen LogP contribution is 2.16. The minimum absolute atomic E-state index is 0. The molecule has 0 aromatic heterocycles. The number of nitrogens with zero attached hydrogens (tertiary/aromatic N) is 2. The number of hydrogen-bond acceptors (Lipinski definition) is 2. The summed E-state index contributed by atoms with van der Waals surface area (Å²) in [5.74, 6) is -2.18. The van der Waals surface area contributed by atoms with Gasteiger partial charge in [0.25, 0.3) is 5.91 Å². The molecule has 0 bridgehead atoms. The Kier molecular flexibility index (Phi) is 6.29. The Balaban J connectivity index is 0.00000208. The molecule has 1 aliphatic heterocycles. The molecule has 1 amide bonds. The third-order valence-corrected chi connectivity index (χ3v) is 4.09. The Morgan fingerprint density at radius 2 is 1.46 bits per heavy atom. The topological polar surface area (TPSA) is 23.6 Å². The standard InChI is InChI=1S/C18H18F2N2O.ClH/c19-15-7-4-8-16(20)17(15)18(23)22-11-9-21(10-12-22)13-14-5-2-1-3-6-14;/h1-8H,9-13H2;1H. The lowest BCUT2D eigenvalue weighted by atomic mass is 10.1. The first kappa shape index (κ1) is 18.4. The zero-order valence-electron chi connectivity index (χ0n) is 13.1. The van der Waals surface area contributed by atoms with Gasteiger partial charge < -0.3 is 4.90 Å². The van der Waals surface area contributed by atoms with Gasteiger partial charge in [0, 0.05) is 32.7 Å². The Labute approximate surface area is 146 Å². The second-order valence-electron chi connectivity index (χ2n) is 5.65. The summed E-state index contributed by atoms with van der Waals surface area (Å²) in [4.78, 5) is 16.1. The smallest absolute Gasteiger partial charge is 0.259 e. The molecule has 0 saturated carbocycles.